The van der Waals surface area contributed by atoms with Crippen LogP contribution in [0.2, 0.25) is 0 Å². The van der Waals surface area contributed by atoms with E-state index in [1.165, 1.54) is 45.6 Å². The van der Waals surface area contributed by atoms with E-state index >= 15 is 0 Å². The Morgan fingerprint density at radius 2 is 1.86 bits per heavy atom. The molecule has 2 saturated heterocycles. The zero-order valence-electron chi connectivity index (χ0n) is 9.63. The molecule has 2 unspecified atom stereocenters. The molecule has 2 aliphatic rings. The van der Waals surface area contributed by atoms with Gasteiger partial charge < -0.3 is 10.2 Å². The summed E-state index contributed by atoms with van der Waals surface area (Å²) in [4.78, 5) is 2.68. The largest absolute Gasteiger partial charge is 0.316 e. The maximum Gasteiger partial charge on any atom is 0.00255 e. The van der Waals surface area contributed by atoms with Crippen molar-refractivity contribution in [1.82, 2.24) is 10.2 Å². The van der Waals surface area contributed by atoms with E-state index in [2.05, 4.69) is 24.1 Å². The first-order chi connectivity index (χ1) is 6.75. The van der Waals surface area contributed by atoms with Crippen molar-refractivity contribution in [2.45, 2.75) is 26.7 Å². The summed E-state index contributed by atoms with van der Waals surface area (Å²) in [7, 11) is 0. The number of nitrogens with zero attached hydrogens (tertiary/aromatic N) is 1. The third-order valence-corrected chi connectivity index (χ3v) is 3.72. The average Bonchev–Trinajstić information content (AvgIpc) is 2.62. The van der Waals surface area contributed by atoms with Crippen LogP contribution in [0.5, 0.6) is 0 Å². The van der Waals surface area contributed by atoms with Gasteiger partial charge in [0.1, 0.15) is 0 Å². The Morgan fingerprint density at radius 3 is 2.43 bits per heavy atom. The van der Waals surface area contributed by atoms with Crippen LogP contribution in [0.1, 0.15) is 26.7 Å². The molecule has 0 saturated carbocycles. The number of fused-ring (bicyclic) bond motifs is 1. The minimum Gasteiger partial charge on any atom is -0.316 e. The average molecular weight is 196 g/mol. The SMILES string of the molecule is CC(C)CCCN1CC2CNCC2C1. The van der Waals surface area contributed by atoms with E-state index in [4.69, 9.17) is 0 Å². The first kappa shape index (κ1) is 10.4. The number of likely N-dealkylation sites (tertiary alicyclic amines) is 1. The fourth-order valence-corrected chi connectivity index (χ4v) is 2.86. The molecule has 0 spiro atoms. The summed E-state index contributed by atoms with van der Waals surface area (Å²) in [5.41, 5.74) is 0. The first-order valence-electron chi connectivity index (χ1n) is 6.19. The van der Waals surface area contributed by atoms with Crippen LogP contribution in [0.4, 0.5) is 0 Å². The Bertz CT molecular complexity index is 167. The van der Waals surface area contributed by atoms with Crippen molar-refractivity contribution in [2.75, 3.05) is 32.7 Å². The van der Waals surface area contributed by atoms with E-state index in [-0.39, 0.29) is 0 Å². The van der Waals surface area contributed by atoms with Crippen LogP contribution in [-0.4, -0.2) is 37.6 Å². The highest BCUT2D eigenvalue weighted by molar-refractivity contribution is 4.90. The second kappa shape index (κ2) is 4.63. The van der Waals surface area contributed by atoms with Gasteiger partial charge in [0.2, 0.25) is 0 Å². The standard InChI is InChI=1S/C12H24N2/c1-10(2)4-3-5-14-8-11-6-13-7-12(11)9-14/h10-13H,3-9H2,1-2H3. The van der Waals surface area contributed by atoms with Crippen LogP contribution in [-0.2, 0) is 0 Å². The Balaban J connectivity index is 1.64. The van der Waals surface area contributed by atoms with E-state index in [9.17, 15) is 0 Å². The molecular weight excluding hydrogens is 172 g/mol. The lowest BCUT2D eigenvalue weighted by Gasteiger charge is -2.17. The first-order valence-corrected chi connectivity index (χ1v) is 6.19. The van der Waals surface area contributed by atoms with E-state index in [0.29, 0.717) is 0 Å². The number of hydrogen-bond acceptors (Lipinski definition) is 2. The van der Waals surface area contributed by atoms with Crippen LogP contribution >= 0.6 is 0 Å². The smallest absolute Gasteiger partial charge is 0.00255 e. The minimum absolute atomic E-state index is 0.874. The summed E-state index contributed by atoms with van der Waals surface area (Å²) in [6.45, 7) is 11.2. The van der Waals surface area contributed by atoms with Crippen molar-refractivity contribution >= 4 is 0 Å². The highest BCUT2D eigenvalue weighted by Crippen LogP contribution is 2.26. The fourth-order valence-electron chi connectivity index (χ4n) is 2.86. The number of rotatable bonds is 4. The highest BCUT2D eigenvalue weighted by Gasteiger charge is 2.35. The molecule has 2 rings (SSSR count). The molecule has 2 atom stereocenters. The van der Waals surface area contributed by atoms with Gasteiger partial charge in [-0.2, -0.15) is 0 Å². The van der Waals surface area contributed by atoms with Crippen molar-refractivity contribution in [2.24, 2.45) is 17.8 Å². The molecule has 2 nitrogen and oxygen atoms in total. The Hall–Kier alpha value is -0.0800. The molecule has 0 aliphatic carbocycles. The van der Waals surface area contributed by atoms with Gasteiger partial charge in [-0.1, -0.05) is 13.8 Å². The van der Waals surface area contributed by atoms with Gasteiger partial charge >= 0.3 is 0 Å². The second-order valence-corrected chi connectivity index (χ2v) is 5.47. The summed E-state index contributed by atoms with van der Waals surface area (Å²) in [5.74, 6) is 2.81. The Kier molecular flexibility index (Phi) is 3.45. The van der Waals surface area contributed by atoms with Gasteiger partial charge in [-0.05, 0) is 50.2 Å². The van der Waals surface area contributed by atoms with Crippen LogP contribution in [0.3, 0.4) is 0 Å². The molecule has 1 N–H and O–H groups in total. The molecule has 0 aromatic heterocycles. The number of nitrogens with one attached hydrogen (secondary N) is 1. The van der Waals surface area contributed by atoms with Gasteiger partial charge in [-0.3, -0.25) is 0 Å². The van der Waals surface area contributed by atoms with Crippen molar-refractivity contribution in [3.05, 3.63) is 0 Å². The highest BCUT2D eigenvalue weighted by atomic mass is 15.2. The van der Waals surface area contributed by atoms with Gasteiger partial charge in [-0.15, -0.1) is 0 Å². The molecule has 0 bridgehead atoms. The zero-order valence-corrected chi connectivity index (χ0v) is 9.63. The van der Waals surface area contributed by atoms with Gasteiger partial charge in [-0.25, -0.2) is 0 Å². The molecule has 0 radical (unpaired) electrons. The van der Waals surface area contributed by atoms with Crippen LogP contribution in [0, 0.1) is 17.8 Å². The summed E-state index contributed by atoms with van der Waals surface area (Å²) in [6.07, 6.45) is 2.79. The zero-order chi connectivity index (χ0) is 9.97. The molecule has 14 heavy (non-hydrogen) atoms. The second-order valence-electron chi connectivity index (χ2n) is 5.47. The van der Waals surface area contributed by atoms with Gasteiger partial charge in [0.25, 0.3) is 0 Å². The number of hydrogen-bond donors (Lipinski definition) is 1. The van der Waals surface area contributed by atoms with Gasteiger partial charge in [0.15, 0.2) is 0 Å². The third-order valence-electron chi connectivity index (χ3n) is 3.72. The molecule has 0 amide bonds. The topological polar surface area (TPSA) is 15.3 Å². The molecule has 0 aromatic rings. The molecule has 0 aromatic carbocycles. The summed E-state index contributed by atoms with van der Waals surface area (Å²) >= 11 is 0. The normalized spacial score (nSPS) is 32.8. The van der Waals surface area contributed by atoms with Crippen molar-refractivity contribution < 1.29 is 0 Å². The van der Waals surface area contributed by atoms with Crippen LogP contribution in [0.25, 0.3) is 0 Å². The van der Waals surface area contributed by atoms with E-state index in [0.717, 1.165) is 17.8 Å². The van der Waals surface area contributed by atoms with Crippen LogP contribution in [0.15, 0.2) is 0 Å². The predicted octanol–water partition coefficient (Wildman–Crippen LogP) is 1.57. The predicted molar refractivity (Wildman–Crippen MR) is 60.4 cm³/mol. The third kappa shape index (κ3) is 2.48. The van der Waals surface area contributed by atoms with E-state index in [1.54, 1.807) is 0 Å². The van der Waals surface area contributed by atoms with Crippen molar-refractivity contribution in [1.29, 1.82) is 0 Å². The maximum absolute atomic E-state index is 3.49. The molecule has 2 heterocycles. The van der Waals surface area contributed by atoms with Gasteiger partial charge in [0, 0.05) is 13.1 Å². The Morgan fingerprint density at radius 1 is 1.21 bits per heavy atom. The summed E-state index contributed by atoms with van der Waals surface area (Å²) < 4.78 is 0. The summed E-state index contributed by atoms with van der Waals surface area (Å²) in [5, 5.41) is 3.49. The minimum atomic E-state index is 0.874. The molecule has 82 valence electrons. The quantitative estimate of drug-likeness (QED) is 0.734. The van der Waals surface area contributed by atoms with E-state index < -0.39 is 0 Å². The fraction of sp³-hybridized carbons (Fsp3) is 1.00. The van der Waals surface area contributed by atoms with Crippen LogP contribution < -0.4 is 5.32 Å². The lowest BCUT2D eigenvalue weighted by Crippen LogP contribution is -2.26. The Labute approximate surface area is 88.1 Å². The lowest BCUT2D eigenvalue weighted by atomic mass is 10.0. The van der Waals surface area contributed by atoms with E-state index in [1.807, 2.05) is 0 Å². The van der Waals surface area contributed by atoms with Gasteiger partial charge in [0.05, 0.1) is 0 Å². The molecule has 2 fully saturated rings. The monoisotopic (exact) mass is 196 g/mol. The summed E-state index contributed by atoms with van der Waals surface area (Å²) in [6, 6.07) is 0. The molecular formula is C12H24N2. The molecule has 2 heteroatoms. The maximum atomic E-state index is 3.49. The molecule has 2 aliphatic heterocycles. The van der Waals surface area contributed by atoms with Crippen molar-refractivity contribution in [3.63, 3.8) is 0 Å². The lowest BCUT2D eigenvalue weighted by molar-refractivity contribution is 0.299. The van der Waals surface area contributed by atoms with Crippen molar-refractivity contribution in [3.8, 4) is 0 Å².